The number of carbonyl (C=O) groups is 2. The van der Waals surface area contributed by atoms with Gasteiger partial charge in [-0.05, 0) is 39.5 Å². The topological polar surface area (TPSA) is 57.6 Å². The summed E-state index contributed by atoms with van der Waals surface area (Å²) in [6.07, 6.45) is -3.94. The lowest BCUT2D eigenvalue weighted by molar-refractivity contribution is -0.185. The fraction of sp³-hybridized carbons (Fsp3) is 0.857. The zero-order valence-corrected chi connectivity index (χ0v) is 12.3. The van der Waals surface area contributed by atoms with Crippen molar-refractivity contribution in [1.82, 2.24) is 4.90 Å². The molecule has 1 aliphatic carbocycles. The standard InChI is InChI=1S/C14H22F3NO3/c1-9(2)18(8-7-12(19)20)13(21)10-3-5-11(6-4-10)14(15,16)17/h9-11H,3-8H2,1-2H3,(H,19,20). The molecule has 0 aliphatic heterocycles. The summed E-state index contributed by atoms with van der Waals surface area (Å²) in [6, 6.07) is -0.155. The summed E-state index contributed by atoms with van der Waals surface area (Å²) in [4.78, 5) is 24.4. The third-order valence-electron chi connectivity index (χ3n) is 4.01. The van der Waals surface area contributed by atoms with Gasteiger partial charge in [0.15, 0.2) is 0 Å². The summed E-state index contributed by atoms with van der Waals surface area (Å²) < 4.78 is 37.8. The number of halogens is 3. The van der Waals surface area contributed by atoms with Crippen molar-refractivity contribution in [2.75, 3.05) is 6.54 Å². The molecule has 0 bridgehead atoms. The molecule has 1 N–H and O–H groups in total. The molecule has 7 heteroatoms. The van der Waals surface area contributed by atoms with E-state index < -0.39 is 24.0 Å². The summed E-state index contributed by atoms with van der Waals surface area (Å²) in [5.41, 5.74) is 0. The van der Waals surface area contributed by atoms with E-state index in [1.54, 1.807) is 13.8 Å². The second-order valence-electron chi connectivity index (χ2n) is 5.86. The van der Waals surface area contributed by atoms with E-state index in [2.05, 4.69) is 0 Å². The van der Waals surface area contributed by atoms with Crippen LogP contribution in [0.4, 0.5) is 13.2 Å². The van der Waals surface area contributed by atoms with Crippen molar-refractivity contribution in [1.29, 1.82) is 0 Å². The van der Waals surface area contributed by atoms with Gasteiger partial charge in [-0.15, -0.1) is 0 Å². The Hall–Kier alpha value is -1.27. The van der Waals surface area contributed by atoms with Gasteiger partial charge in [0.25, 0.3) is 0 Å². The van der Waals surface area contributed by atoms with Crippen LogP contribution in [0.2, 0.25) is 0 Å². The van der Waals surface area contributed by atoms with E-state index in [1.807, 2.05) is 0 Å². The molecule has 0 aromatic heterocycles. The lowest BCUT2D eigenvalue weighted by atomic mass is 9.81. The lowest BCUT2D eigenvalue weighted by Gasteiger charge is -2.34. The molecule has 0 saturated heterocycles. The second-order valence-corrected chi connectivity index (χ2v) is 5.86. The number of hydrogen-bond acceptors (Lipinski definition) is 2. The van der Waals surface area contributed by atoms with Crippen molar-refractivity contribution >= 4 is 11.9 Å². The first-order chi connectivity index (χ1) is 9.62. The van der Waals surface area contributed by atoms with E-state index in [1.165, 1.54) is 4.90 Å². The molecule has 0 atom stereocenters. The average molecular weight is 309 g/mol. The molecule has 1 aliphatic rings. The van der Waals surface area contributed by atoms with E-state index >= 15 is 0 Å². The van der Waals surface area contributed by atoms with E-state index in [0.717, 1.165) is 0 Å². The van der Waals surface area contributed by atoms with Crippen LogP contribution in [0.1, 0.15) is 46.0 Å². The molecule has 0 radical (unpaired) electrons. The summed E-state index contributed by atoms with van der Waals surface area (Å²) >= 11 is 0. The lowest BCUT2D eigenvalue weighted by Crippen LogP contribution is -2.43. The Morgan fingerprint density at radius 3 is 2.10 bits per heavy atom. The Labute approximate surface area is 122 Å². The quantitative estimate of drug-likeness (QED) is 0.849. The normalized spacial score (nSPS) is 23.1. The molecule has 1 saturated carbocycles. The molecular formula is C14H22F3NO3. The van der Waals surface area contributed by atoms with Crippen LogP contribution in [0.3, 0.4) is 0 Å². The van der Waals surface area contributed by atoms with Crippen molar-refractivity contribution in [2.24, 2.45) is 11.8 Å². The minimum Gasteiger partial charge on any atom is -0.481 e. The number of hydrogen-bond donors (Lipinski definition) is 1. The molecule has 122 valence electrons. The Bertz CT molecular complexity index is 374. The van der Waals surface area contributed by atoms with Gasteiger partial charge in [-0.1, -0.05) is 0 Å². The molecule has 0 spiro atoms. The van der Waals surface area contributed by atoms with Crippen LogP contribution in [-0.2, 0) is 9.59 Å². The van der Waals surface area contributed by atoms with E-state index in [-0.39, 0.29) is 50.6 Å². The van der Waals surface area contributed by atoms with Crippen molar-refractivity contribution in [3.63, 3.8) is 0 Å². The Morgan fingerprint density at radius 1 is 1.19 bits per heavy atom. The minimum absolute atomic E-state index is 0.0230. The summed E-state index contributed by atoms with van der Waals surface area (Å²) in [5, 5.41) is 8.70. The maximum atomic E-state index is 12.6. The van der Waals surface area contributed by atoms with Crippen LogP contribution < -0.4 is 0 Å². The monoisotopic (exact) mass is 309 g/mol. The fourth-order valence-corrected chi connectivity index (χ4v) is 2.74. The SMILES string of the molecule is CC(C)N(CCC(=O)O)C(=O)C1CCC(C(F)(F)F)CC1. The first-order valence-electron chi connectivity index (χ1n) is 7.22. The van der Waals surface area contributed by atoms with Gasteiger partial charge in [0.05, 0.1) is 12.3 Å². The second kappa shape index (κ2) is 7.13. The third kappa shape index (κ3) is 5.21. The molecular weight excluding hydrogens is 287 g/mol. The molecule has 4 nitrogen and oxygen atoms in total. The third-order valence-corrected chi connectivity index (χ3v) is 4.01. The van der Waals surface area contributed by atoms with Crippen LogP contribution in [0.25, 0.3) is 0 Å². The van der Waals surface area contributed by atoms with Gasteiger partial charge in [0.1, 0.15) is 0 Å². The van der Waals surface area contributed by atoms with Crippen molar-refractivity contribution < 1.29 is 27.9 Å². The van der Waals surface area contributed by atoms with Gasteiger partial charge >= 0.3 is 12.1 Å². The van der Waals surface area contributed by atoms with Gasteiger partial charge < -0.3 is 10.0 Å². The number of nitrogens with zero attached hydrogens (tertiary/aromatic N) is 1. The molecule has 0 aromatic rings. The van der Waals surface area contributed by atoms with Crippen LogP contribution in [0.5, 0.6) is 0 Å². The maximum absolute atomic E-state index is 12.6. The molecule has 0 unspecified atom stereocenters. The van der Waals surface area contributed by atoms with E-state index in [0.29, 0.717) is 0 Å². The maximum Gasteiger partial charge on any atom is 0.391 e. The molecule has 21 heavy (non-hydrogen) atoms. The number of amides is 1. The average Bonchev–Trinajstić information content (AvgIpc) is 2.37. The van der Waals surface area contributed by atoms with Gasteiger partial charge in [0, 0.05) is 18.5 Å². The number of aliphatic carboxylic acids is 1. The zero-order valence-electron chi connectivity index (χ0n) is 12.3. The summed E-state index contributed by atoms with van der Waals surface area (Å²) in [7, 11) is 0. The number of rotatable bonds is 5. The molecule has 1 amide bonds. The minimum atomic E-state index is -4.19. The highest BCUT2D eigenvalue weighted by molar-refractivity contribution is 5.79. The first kappa shape index (κ1) is 17.8. The zero-order chi connectivity index (χ0) is 16.2. The van der Waals surface area contributed by atoms with Gasteiger partial charge in [-0.3, -0.25) is 9.59 Å². The highest BCUT2D eigenvalue weighted by atomic mass is 19.4. The first-order valence-corrected chi connectivity index (χ1v) is 7.22. The van der Waals surface area contributed by atoms with Gasteiger partial charge in [0.2, 0.25) is 5.91 Å². The van der Waals surface area contributed by atoms with Crippen molar-refractivity contribution in [2.45, 2.75) is 58.2 Å². The van der Waals surface area contributed by atoms with Crippen LogP contribution >= 0.6 is 0 Å². The molecule has 1 rings (SSSR count). The highest BCUT2D eigenvalue weighted by Gasteiger charge is 2.43. The van der Waals surface area contributed by atoms with Crippen molar-refractivity contribution in [3.05, 3.63) is 0 Å². The summed E-state index contributed by atoms with van der Waals surface area (Å²) in [6.45, 7) is 3.66. The van der Waals surface area contributed by atoms with Crippen LogP contribution in [-0.4, -0.2) is 40.6 Å². The Kier molecular flexibility index (Phi) is 6.04. The fourth-order valence-electron chi connectivity index (χ4n) is 2.74. The number of alkyl halides is 3. The Balaban J connectivity index is 2.59. The highest BCUT2D eigenvalue weighted by Crippen LogP contribution is 2.40. The van der Waals surface area contributed by atoms with E-state index in [9.17, 15) is 22.8 Å². The Morgan fingerprint density at radius 2 is 1.71 bits per heavy atom. The summed E-state index contributed by atoms with van der Waals surface area (Å²) in [5.74, 6) is -2.94. The number of carboxylic acid groups (broad SMARTS) is 1. The van der Waals surface area contributed by atoms with Crippen molar-refractivity contribution in [3.8, 4) is 0 Å². The number of carboxylic acids is 1. The molecule has 0 aromatic carbocycles. The molecule has 0 heterocycles. The molecule has 1 fully saturated rings. The predicted molar refractivity (Wildman–Crippen MR) is 70.6 cm³/mol. The van der Waals surface area contributed by atoms with Gasteiger partial charge in [-0.25, -0.2) is 0 Å². The smallest absolute Gasteiger partial charge is 0.391 e. The number of carbonyl (C=O) groups excluding carboxylic acids is 1. The van der Waals surface area contributed by atoms with Crippen LogP contribution in [0.15, 0.2) is 0 Å². The van der Waals surface area contributed by atoms with Gasteiger partial charge in [-0.2, -0.15) is 13.2 Å². The van der Waals surface area contributed by atoms with Crippen LogP contribution in [0, 0.1) is 11.8 Å². The van der Waals surface area contributed by atoms with E-state index in [4.69, 9.17) is 5.11 Å². The largest absolute Gasteiger partial charge is 0.481 e. The predicted octanol–water partition coefficient (Wildman–Crippen LogP) is 3.07.